The van der Waals surface area contributed by atoms with E-state index in [1.54, 1.807) is 0 Å². The fraction of sp³-hybridized carbons (Fsp3) is 0.385. The zero-order valence-electron chi connectivity index (χ0n) is 10.5. The summed E-state index contributed by atoms with van der Waals surface area (Å²) < 4.78 is 17.9. The number of methoxy groups -OCH3 is 1. The van der Waals surface area contributed by atoms with Crippen molar-refractivity contribution >= 4 is 17.6 Å². The SMILES string of the molecule is COC(=O)c1cc(NC(=O)C2(CN)CC2)ccc1F. The van der Waals surface area contributed by atoms with Gasteiger partial charge < -0.3 is 15.8 Å². The van der Waals surface area contributed by atoms with Crippen molar-refractivity contribution in [1.82, 2.24) is 0 Å². The standard InChI is InChI=1S/C13H15FN2O3/c1-19-11(17)9-6-8(2-3-10(9)14)16-12(18)13(7-15)4-5-13/h2-3,6H,4-5,7,15H2,1H3,(H,16,18). The molecule has 5 nitrogen and oxygen atoms in total. The highest BCUT2D eigenvalue weighted by Gasteiger charge is 2.48. The maximum Gasteiger partial charge on any atom is 0.340 e. The zero-order chi connectivity index (χ0) is 14.0. The zero-order valence-corrected chi connectivity index (χ0v) is 10.5. The highest BCUT2D eigenvalue weighted by molar-refractivity contribution is 5.98. The van der Waals surface area contributed by atoms with Gasteiger partial charge in [0.25, 0.3) is 0 Å². The minimum atomic E-state index is -0.784. The summed E-state index contributed by atoms with van der Waals surface area (Å²) in [5.74, 6) is -1.67. The van der Waals surface area contributed by atoms with Crippen molar-refractivity contribution < 1.29 is 18.7 Å². The van der Waals surface area contributed by atoms with Gasteiger partial charge in [-0.25, -0.2) is 9.18 Å². The van der Waals surface area contributed by atoms with Crippen LogP contribution in [0.1, 0.15) is 23.2 Å². The van der Waals surface area contributed by atoms with E-state index in [2.05, 4.69) is 10.1 Å². The molecule has 3 N–H and O–H groups in total. The molecule has 0 unspecified atom stereocenters. The summed E-state index contributed by atoms with van der Waals surface area (Å²) in [6, 6.07) is 3.77. The van der Waals surface area contributed by atoms with Crippen LogP contribution in [-0.2, 0) is 9.53 Å². The molecule has 0 bridgehead atoms. The van der Waals surface area contributed by atoms with Crippen molar-refractivity contribution in [2.24, 2.45) is 11.1 Å². The first kappa shape index (κ1) is 13.5. The molecule has 1 aliphatic rings. The predicted molar refractivity (Wildman–Crippen MR) is 67.1 cm³/mol. The molecule has 1 aromatic rings. The van der Waals surface area contributed by atoms with Crippen LogP contribution in [-0.4, -0.2) is 25.5 Å². The van der Waals surface area contributed by atoms with Crippen molar-refractivity contribution in [2.45, 2.75) is 12.8 Å². The number of ether oxygens (including phenoxy) is 1. The third kappa shape index (κ3) is 2.58. The number of hydrogen-bond donors (Lipinski definition) is 2. The van der Waals surface area contributed by atoms with Gasteiger partial charge in [-0.15, -0.1) is 0 Å². The molecule has 1 aromatic carbocycles. The van der Waals surface area contributed by atoms with Crippen LogP contribution in [0, 0.1) is 11.2 Å². The molecule has 0 radical (unpaired) electrons. The number of nitrogens with two attached hydrogens (primary N) is 1. The van der Waals surface area contributed by atoms with Crippen LogP contribution >= 0.6 is 0 Å². The third-order valence-corrected chi connectivity index (χ3v) is 3.36. The second-order valence-electron chi connectivity index (χ2n) is 4.62. The van der Waals surface area contributed by atoms with E-state index in [1.807, 2.05) is 0 Å². The normalized spacial score (nSPS) is 15.7. The fourth-order valence-corrected chi connectivity index (χ4v) is 1.81. The Hall–Kier alpha value is -1.95. The molecular formula is C13H15FN2O3. The number of carbonyl (C=O) groups is 2. The molecule has 0 aromatic heterocycles. The molecule has 0 aliphatic heterocycles. The number of hydrogen-bond acceptors (Lipinski definition) is 4. The maximum atomic E-state index is 13.4. The van der Waals surface area contributed by atoms with Gasteiger partial charge in [0.05, 0.1) is 18.1 Å². The van der Waals surface area contributed by atoms with Gasteiger partial charge in [-0.1, -0.05) is 0 Å². The van der Waals surface area contributed by atoms with E-state index in [0.717, 1.165) is 18.9 Å². The first-order valence-corrected chi connectivity index (χ1v) is 5.92. The number of benzene rings is 1. The van der Waals surface area contributed by atoms with Gasteiger partial charge in [-0.2, -0.15) is 0 Å². The summed E-state index contributed by atoms with van der Waals surface area (Å²) in [5, 5.41) is 2.65. The molecule has 102 valence electrons. The van der Waals surface area contributed by atoms with E-state index in [4.69, 9.17) is 5.73 Å². The van der Waals surface area contributed by atoms with E-state index in [0.29, 0.717) is 5.69 Å². The predicted octanol–water partition coefficient (Wildman–Crippen LogP) is 1.29. The molecule has 1 aliphatic carbocycles. The summed E-state index contributed by atoms with van der Waals surface area (Å²) in [4.78, 5) is 23.3. The minimum Gasteiger partial charge on any atom is -0.465 e. The molecule has 0 spiro atoms. The van der Waals surface area contributed by atoms with E-state index >= 15 is 0 Å². The van der Waals surface area contributed by atoms with Gasteiger partial charge in [0.1, 0.15) is 5.82 Å². The van der Waals surface area contributed by atoms with Crippen LogP contribution in [0.15, 0.2) is 18.2 Å². The first-order valence-electron chi connectivity index (χ1n) is 5.92. The lowest BCUT2D eigenvalue weighted by atomic mass is 10.1. The molecule has 6 heteroatoms. The quantitative estimate of drug-likeness (QED) is 0.805. The van der Waals surface area contributed by atoms with Crippen molar-refractivity contribution in [3.63, 3.8) is 0 Å². The van der Waals surface area contributed by atoms with Crippen LogP contribution in [0.2, 0.25) is 0 Å². The van der Waals surface area contributed by atoms with Crippen LogP contribution in [0.3, 0.4) is 0 Å². The Balaban J connectivity index is 2.18. The van der Waals surface area contributed by atoms with Crippen molar-refractivity contribution in [3.8, 4) is 0 Å². The number of nitrogens with one attached hydrogen (secondary N) is 1. The molecular weight excluding hydrogens is 251 g/mol. The van der Waals surface area contributed by atoms with Gasteiger partial charge in [-0.3, -0.25) is 4.79 Å². The summed E-state index contributed by atoms with van der Waals surface area (Å²) in [6.07, 6.45) is 1.50. The average Bonchev–Trinajstić information content (AvgIpc) is 3.21. The van der Waals surface area contributed by atoms with E-state index in [1.165, 1.54) is 19.2 Å². The Morgan fingerprint density at radius 3 is 2.68 bits per heavy atom. The van der Waals surface area contributed by atoms with Crippen molar-refractivity contribution in [2.75, 3.05) is 19.0 Å². The van der Waals surface area contributed by atoms with Crippen LogP contribution in [0.25, 0.3) is 0 Å². The molecule has 2 rings (SSSR count). The molecule has 19 heavy (non-hydrogen) atoms. The van der Waals surface area contributed by atoms with Crippen LogP contribution in [0.5, 0.6) is 0 Å². The highest BCUT2D eigenvalue weighted by atomic mass is 19.1. The van der Waals surface area contributed by atoms with E-state index < -0.39 is 17.2 Å². The third-order valence-electron chi connectivity index (χ3n) is 3.36. The molecule has 0 saturated heterocycles. The number of rotatable bonds is 4. The van der Waals surface area contributed by atoms with Gasteiger partial charge in [-0.05, 0) is 31.0 Å². The monoisotopic (exact) mass is 266 g/mol. The molecule has 0 heterocycles. The van der Waals surface area contributed by atoms with Crippen LogP contribution < -0.4 is 11.1 Å². The Kier molecular flexibility index (Phi) is 3.53. The number of amides is 1. The molecule has 1 saturated carbocycles. The Morgan fingerprint density at radius 1 is 1.47 bits per heavy atom. The van der Waals surface area contributed by atoms with Gasteiger partial charge in [0, 0.05) is 12.2 Å². The summed E-state index contributed by atoms with van der Waals surface area (Å²) in [6.45, 7) is 0.282. The number of carbonyl (C=O) groups excluding carboxylic acids is 2. The van der Waals surface area contributed by atoms with Gasteiger partial charge in [0.2, 0.25) is 5.91 Å². The second-order valence-corrected chi connectivity index (χ2v) is 4.62. The van der Waals surface area contributed by atoms with Gasteiger partial charge >= 0.3 is 5.97 Å². The lowest BCUT2D eigenvalue weighted by Gasteiger charge is -2.13. The van der Waals surface area contributed by atoms with Crippen molar-refractivity contribution in [3.05, 3.63) is 29.6 Å². The maximum absolute atomic E-state index is 13.4. The smallest absolute Gasteiger partial charge is 0.340 e. The number of anilines is 1. The Bertz CT molecular complexity index is 527. The Morgan fingerprint density at radius 2 is 2.16 bits per heavy atom. The highest BCUT2D eigenvalue weighted by Crippen LogP contribution is 2.45. The molecule has 1 fully saturated rings. The lowest BCUT2D eigenvalue weighted by Crippen LogP contribution is -2.30. The second kappa shape index (κ2) is 4.97. The lowest BCUT2D eigenvalue weighted by molar-refractivity contribution is -0.120. The topological polar surface area (TPSA) is 81.4 Å². The molecule has 1 amide bonds. The average molecular weight is 266 g/mol. The van der Waals surface area contributed by atoms with E-state index in [9.17, 15) is 14.0 Å². The largest absolute Gasteiger partial charge is 0.465 e. The fourth-order valence-electron chi connectivity index (χ4n) is 1.81. The first-order chi connectivity index (χ1) is 9.02. The van der Waals surface area contributed by atoms with Gasteiger partial charge in [0.15, 0.2) is 0 Å². The van der Waals surface area contributed by atoms with E-state index in [-0.39, 0.29) is 18.0 Å². The summed E-state index contributed by atoms with van der Waals surface area (Å²) in [5.41, 5.74) is 5.19. The molecule has 0 atom stereocenters. The van der Waals surface area contributed by atoms with Crippen molar-refractivity contribution in [1.29, 1.82) is 0 Å². The Labute approximate surface area is 109 Å². The summed E-state index contributed by atoms with van der Waals surface area (Å²) in [7, 11) is 1.17. The number of halogens is 1. The minimum absolute atomic E-state index is 0.197. The number of esters is 1. The van der Waals surface area contributed by atoms with Crippen LogP contribution in [0.4, 0.5) is 10.1 Å². The summed E-state index contributed by atoms with van der Waals surface area (Å²) >= 11 is 0.